The molecule has 0 saturated carbocycles. The van der Waals surface area contributed by atoms with Crippen LogP contribution in [0.1, 0.15) is 19.3 Å². The predicted molar refractivity (Wildman–Crippen MR) is 75.0 cm³/mol. The van der Waals surface area contributed by atoms with Crippen molar-refractivity contribution in [3.05, 3.63) is 12.7 Å². The fraction of sp³-hybridized carbons (Fsp3) is 0.583. The number of imidazole rings is 1. The number of nitrogens with zero attached hydrogens (tertiary/aromatic N) is 4. The third-order valence-electron chi connectivity index (χ3n) is 3.54. The van der Waals surface area contributed by atoms with Crippen LogP contribution in [0.5, 0.6) is 0 Å². The van der Waals surface area contributed by atoms with Crippen molar-refractivity contribution < 1.29 is 0 Å². The normalized spacial score (nSPS) is 20.5. The van der Waals surface area contributed by atoms with Crippen molar-refractivity contribution in [3.8, 4) is 0 Å². The quantitative estimate of drug-likeness (QED) is 0.884. The monoisotopic (exact) mass is 309 g/mol. The number of piperidine rings is 1. The topological polar surface area (TPSA) is 57.7 Å². The molecule has 0 spiro atoms. The first kappa shape index (κ1) is 11.9. The Morgan fingerprint density at radius 1 is 1.39 bits per heavy atom. The molecule has 18 heavy (non-hydrogen) atoms. The van der Waals surface area contributed by atoms with E-state index in [1.807, 2.05) is 0 Å². The number of fused-ring (bicyclic) bond motifs is 1. The zero-order chi connectivity index (χ0) is 12.4. The Bertz CT molecular complexity index is 524. The second kappa shape index (κ2) is 5.22. The molecule has 1 unspecified atom stereocenters. The zero-order valence-corrected chi connectivity index (χ0v) is 11.7. The summed E-state index contributed by atoms with van der Waals surface area (Å²) in [6.45, 7) is 2.15. The molecule has 1 aliphatic heterocycles. The first-order valence-corrected chi connectivity index (χ1v) is 7.45. The highest BCUT2D eigenvalue weighted by Gasteiger charge is 2.22. The number of hydrogen-bond acceptors (Lipinski definition) is 4. The molecule has 3 rings (SSSR count). The second-order valence-electron chi connectivity index (χ2n) is 4.73. The highest BCUT2D eigenvalue weighted by atomic mass is 79.9. The molecule has 1 fully saturated rings. The average Bonchev–Trinajstić information content (AvgIpc) is 2.87. The molecule has 3 heterocycles. The maximum absolute atomic E-state index is 4.43. The third kappa shape index (κ3) is 2.21. The molecule has 1 aliphatic rings. The van der Waals surface area contributed by atoms with Gasteiger partial charge >= 0.3 is 0 Å². The highest BCUT2D eigenvalue weighted by molar-refractivity contribution is 9.09. The van der Waals surface area contributed by atoms with Gasteiger partial charge in [0.25, 0.3) is 0 Å². The summed E-state index contributed by atoms with van der Waals surface area (Å²) < 4.78 is 0. The van der Waals surface area contributed by atoms with Crippen molar-refractivity contribution in [2.75, 3.05) is 23.3 Å². The van der Waals surface area contributed by atoms with Gasteiger partial charge in [-0.3, -0.25) is 0 Å². The molecule has 2 aromatic heterocycles. The SMILES string of the molecule is BrCCC1CCCN(c2ncnc3nc[nH]c23)C1. The van der Waals surface area contributed by atoms with Crippen molar-refractivity contribution in [1.82, 2.24) is 19.9 Å². The molecule has 1 N–H and O–H groups in total. The molecule has 0 aliphatic carbocycles. The van der Waals surface area contributed by atoms with E-state index in [9.17, 15) is 0 Å². The minimum Gasteiger partial charge on any atom is -0.354 e. The molecule has 0 aromatic carbocycles. The Morgan fingerprint density at radius 3 is 3.22 bits per heavy atom. The third-order valence-corrected chi connectivity index (χ3v) is 4.00. The summed E-state index contributed by atoms with van der Waals surface area (Å²) >= 11 is 3.53. The van der Waals surface area contributed by atoms with Crippen molar-refractivity contribution in [1.29, 1.82) is 0 Å². The Kier molecular flexibility index (Phi) is 3.45. The summed E-state index contributed by atoms with van der Waals surface area (Å²) in [5, 5.41) is 1.08. The molecule has 2 aromatic rings. The van der Waals surface area contributed by atoms with Crippen molar-refractivity contribution >= 4 is 32.9 Å². The van der Waals surface area contributed by atoms with Crippen LogP contribution in [0.25, 0.3) is 11.2 Å². The molecule has 6 heteroatoms. The van der Waals surface area contributed by atoms with E-state index in [1.165, 1.54) is 19.3 Å². The molecule has 0 radical (unpaired) electrons. The lowest BCUT2D eigenvalue weighted by atomic mass is 9.96. The van der Waals surface area contributed by atoms with E-state index < -0.39 is 0 Å². The Hall–Kier alpha value is -1.17. The zero-order valence-electron chi connectivity index (χ0n) is 10.1. The van der Waals surface area contributed by atoms with Crippen LogP contribution in [-0.2, 0) is 0 Å². The maximum atomic E-state index is 4.43. The number of rotatable bonds is 3. The van der Waals surface area contributed by atoms with Gasteiger partial charge in [0.2, 0.25) is 0 Å². The number of nitrogens with one attached hydrogen (secondary N) is 1. The lowest BCUT2D eigenvalue weighted by molar-refractivity contribution is 0.406. The number of hydrogen-bond donors (Lipinski definition) is 1. The standard InChI is InChI=1S/C12H16BrN5/c13-4-3-9-2-1-5-18(6-9)12-10-11(15-7-14-10)16-8-17-12/h7-9H,1-6H2,(H,14,15,16,17). The molecule has 5 nitrogen and oxygen atoms in total. The molecule has 0 bridgehead atoms. The fourth-order valence-electron chi connectivity index (χ4n) is 2.64. The van der Waals surface area contributed by atoms with Crippen LogP contribution >= 0.6 is 15.9 Å². The smallest absolute Gasteiger partial charge is 0.182 e. The van der Waals surface area contributed by atoms with E-state index in [1.54, 1.807) is 12.7 Å². The fourth-order valence-corrected chi connectivity index (χ4v) is 3.29. The van der Waals surface area contributed by atoms with Crippen LogP contribution < -0.4 is 4.90 Å². The Morgan fingerprint density at radius 2 is 2.33 bits per heavy atom. The number of H-pyrrole nitrogens is 1. The summed E-state index contributed by atoms with van der Waals surface area (Å²) in [4.78, 5) is 18.3. The first-order chi connectivity index (χ1) is 8.88. The minimum absolute atomic E-state index is 0.752. The average molecular weight is 310 g/mol. The molecule has 1 saturated heterocycles. The van der Waals surface area contributed by atoms with Crippen LogP contribution in [0.15, 0.2) is 12.7 Å². The van der Waals surface area contributed by atoms with Gasteiger partial charge in [-0.05, 0) is 25.2 Å². The molecule has 0 amide bonds. The van der Waals surface area contributed by atoms with Gasteiger partial charge in [-0.2, -0.15) is 0 Å². The van der Waals surface area contributed by atoms with Gasteiger partial charge < -0.3 is 9.88 Å². The summed E-state index contributed by atoms with van der Waals surface area (Å²) in [7, 11) is 0. The predicted octanol–water partition coefficient (Wildman–Crippen LogP) is 2.35. The lowest BCUT2D eigenvalue weighted by Gasteiger charge is -2.33. The van der Waals surface area contributed by atoms with E-state index >= 15 is 0 Å². The number of anilines is 1. The van der Waals surface area contributed by atoms with E-state index in [0.29, 0.717) is 0 Å². The molecular formula is C12H16BrN5. The van der Waals surface area contributed by atoms with Gasteiger partial charge in [0, 0.05) is 18.4 Å². The van der Waals surface area contributed by atoms with Gasteiger partial charge in [0.15, 0.2) is 11.5 Å². The van der Waals surface area contributed by atoms with Crippen LogP contribution in [0.4, 0.5) is 5.82 Å². The lowest BCUT2D eigenvalue weighted by Crippen LogP contribution is -2.36. The Labute approximate surface area is 114 Å². The van der Waals surface area contributed by atoms with E-state index in [0.717, 1.165) is 41.3 Å². The summed E-state index contributed by atoms with van der Waals surface area (Å²) in [5.74, 6) is 1.75. The van der Waals surface area contributed by atoms with E-state index in [-0.39, 0.29) is 0 Å². The van der Waals surface area contributed by atoms with Gasteiger partial charge in [0.05, 0.1) is 6.33 Å². The van der Waals surface area contributed by atoms with Crippen LogP contribution in [0.2, 0.25) is 0 Å². The van der Waals surface area contributed by atoms with Gasteiger partial charge in [-0.1, -0.05) is 15.9 Å². The largest absolute Gasteiger partial charge is 0.354 e. The number of halogens is 1. The molecule has 1 atom stereocenters. The Balaban J connectivity index is 1.87. The van der Waals surface area contributed by atoms with Gasteiger partial charge in [0.1, 0.15) is 11.8 Å². The number of aromatic nitrogens is 4. The minimum atomic E-state index is 0.752. The van der Waals surface area contributed by atoms with Crippen molar-refractivity contribution in [2.24, 2.45) is 5.92 Å². The van der Waals surface area contributed by atoms with Gasteiger partial charge in [-0.25, -0.2) is 15.0 Å². The second-order valence-corrected chi connectivity index (χ2v) is 5.52. The van der Waals surface area contributed by atoms with Crippen molar-refractivity contribution in [3.63, 3.8) is 0 Å². The van der Waals surface area contributed by atoms with Gasteiger partial charge in [-0.15, -0.1) is 0 Å². The van der Waals surface area contributed by atoms with E-state index in [2.05, 4.69) is 40.8 Å². The van der Waals surface area contributed by atoms with Crippen LogP contribution in [0.3, 0.4) is 0 Å². The van der Waals surface area contributed by atoms with Crippen molar-refractivity contribution in [2.45, 2.75) is 19.3 Å². The molecule has 96 valence electrons. The maximum Gasteiger partial charge on any atom is 0.182 e. The van der Waals surface area contributed by atoms with Crippen LogP contribution in [0, 0.1) is 5.92 Å². The summed E-state index contributed by atoms with van der Waals surface area (Å²) in [5.41, 5.74) is 1.71. The highest BCUT2D eigenvalue weighted by Crippen LogP contribution is 2.27. The first-order valence-electron chi connectivity index (χ1n) is 6.33. The summed E-state index contributed by atoms with van der Waals surface area (Å²) in [6, 6.07) is 0. The van der Waals surface area contributed by atoms with Crippen LogP contribution in [-0.4, -0.2) is 38.4 Å². The summed E-state index contributed by atoms with van der Waals surface area (Å²) in [6.07, 6.45) is 7.07. The molecular weight excluding hydrogens is 294 g/mol. The van der Waals surface area contributed by atoms with E-state index in [4.69, 9.17) is 0 Å². The number of aromatic amines is 1. The number of alkyl halides is 1.